The Morgan fingerprint density at radius 1 is 1.27 bits per heavy atom. The van der Waals surface area contributed by atoms with Crippen molar-refractivity contribution in [1.82, 2.24) is 0 Å². The smallest absolute Gasteiger partial charge is 0.320 e. The number of ether oxygens (including phenoxy) is 2. The lowest BCUT2D eigenvalue weighted by atomic mass is 9.73. The zero-order valence-electron chi connectivity index (χ0n) is 12.9. The monoisotopic (exact) mass is 300 g/mol. The molecule has 0 heterocycles. The first-order chi connectivity index (χ1) is 10.6. The van der Waals surface area contributed by atoms with Crippen LogP contribution in [0.4, 0.5) is 0 Å². The van der Waals surface area contributed by atoms with Gasteiger partial charge in [-0.1, -0.05) is 42.5 Å². The van der Waals surface area contributed by atoms with E-state index in [9.17, 15) is 9.59 Å². The van der Waals surface area contributed by atoms with E-state index >= 15 is 0 Å². The summed E-state index contributed by atoms with van der Waals surface area (Å²) in [4.78, 5) is 24.6. The van der Waals surface area contributed by atoms with Crippen LogP contribution in [0.15, 0.2) is 48.2 Å². The Morgan fingerprint density at radius 3 is 2.59 bits per heavy atom. The van der Waals surface area contributed by atoms with Crippen LogP contribution in [0, 0.1) is 5.41 Å². The number of ketones is 1. The van der Waals surface area contributed by atoms with Crippen molar-refractivity contribution in [3.8, 4) is 0 Å². The maximum atomic E-state index is 12.4. The summed E-state index contributed by atoms with van der Waals surface area (Å²) in [5.74, 6) is -0.127. The highest BCUT2D eigenvalue weighted by Crippen LogP contribution is 2.38. The van der Waals surface area contributed by atoms with Crippen LogP contribution in [0.2, 0.25) is 0 Å². The Labute approximate surface area is 130 Å². The van der Waals surface area contributed by atoms with Crippen molar-refractivity contribution in [3.63, 3.8) is 0 Å². The molecule has 1 aromatic rings. The summed E-state index contributed by atoms with van der Waals surface area (Å²) in [6.45, 7) is 0. The largest absolute Gasteiger partial charge is 0.501 e. The van der Waals surface area contributed by atoms with Gasteiger partial charge in [0.05, 0.1) is 20.0 Å². The average molecular weight is 300 g/mol. The van der Waals surface area contributed by atoms with Gasteiger partial charge in [-0.2, -0.15) is 0 Å². The van der Waals surface area contributed by atoms with E-state index in [-0.39, 0.29) is 5.78 Å². The van der Waals surface area contributed by atoms with Crippen LogP contribution in [0.1, 0.15) is 24.8 Å². The summed E-state index contributed by atoms with van der Waals surface area (Å²) >= 11 is 0. The van der Waals surface area contributed by atoms with Crippen LogP contribution in [0.5, 0.6) is 0 Å². The fraction of sp³-hybridized carbons (Fsp3) is 0.333. The zero-order chi connectivity index (χ0) is 16.0. The number of esters is 1. The van der Waals surface area contributed by atoms with Crippen molar-refractivity contribution in [2.45, 2.75) is 19.3 Å². The van der Waals surface area contributed by atoms with Gasteiger partial charge in [-0.25, -0.2) is 0 Å². The van der Waals surface area contributed by atoms with Gasteiger partial charge in [-0.15, -0.1) is 0 Å². The van der Waals surface area contributed by atoms with E-state index in [0.29, 0.717) is 25.0 Å². The Morgan fingerprint density at radius 2 is 2.00 bits per heavy atom. The van der Waals surface area contributed by atoms with Crippen molar-refractivity contribution in [1.29, 1.82) is 0 Å². The average Bonchev–Trinajstić information content (AvgIpc) is 2.56. The molecule has 1 aliphatic rings. The maximum Gasteiger partial charge on any atom is 0.320 e. The molecule has 1 atom stereocenters. The number of carbonyl (C=O) groups excluding carboxylic acids is 2. The first-order valence-corrected chi connectivity index (χ1v) is 7.21. The first-order valence-electron chi connectivity index (χ1n) is 7.21. The Balaban J connectivity index is 2.21. The van der Waals surface area contributed by atoms with Crippen LogP contribution in [-0.2, 0) is 19.1 Å². The summed E-state index contributed by atoms with van der Waals surface area (Å²) in [6, 6.07) is 9.75. The molecule has 0 spiro atoms. The summed E-state index contributed by atoms with van der Waals surface area (Å²) in [7, 11) is 2.84. The zero-order valence-corrected chi connectivity index (χ0v) is 12.9. The second-order valence-electron chi connectivity index (χ2n) is 5.27. The summed E-state index contributed by atoms with van der Waals surface area (Å²) < 4.78 is 9.98. The first kappa shape index (κ1) is 16.0. The summed E-state index contributed by atoms with van der Waals surface area (Å²) in [6.07, 6.45) is 6.45. The van der Waals surface area contributed by atoms with Gasteiger partial charge >= 0.3 is 5.97 Å². The molecule has 0 unspecified atom stereocenters. The highest BCUT2D eigenvalue weighted by Gasteiger charge is 2.46. The molecular formula is C18H20O4. The van der Waals surface area contributed by atoms with Gasteiger partial charge in [-0.05, 0) is 18.4 Å². The molecule has 0 fully saturated rings. The van der Waals surface area contributed by atoms with Crippen LogP contribution >= 0.6 is 0 Å². The molecule has 1 aromatic carbocycles. The van der Waals surface area contributed by atoms with Crippen LogP contribution in [0.3, 0.4) is 0 Å². The molecule has 0 aromatic heterocycles. The maximum absolute atomic E-state index is 12.4. The molecular weight excluding hydrogens is 280 g/mol. The van der Waals surface area contributed by atoms with Gasteiger partial charge in [-0.3, -0.25) is 9.59 Å². The highest BCUT2D eigenvalue weighted by atomic mass is 16.5. The number of methoxy groups -OCH3 is 2. The van der Waals surface area contributed by atoms with Crippen molar-refractivity contribution >= 4 is 17.8 Å². The molecule has 0 saturated carbocycles. The fourth-order valence-electron chi connectivity index (χ4n) is 2.62. The number of carbonyl (C=O) groups is 2. The van der Waals surface area contributed by atoms with Crippen molar-refractivity contribution in [2.24, 2.45) is 5.41 Å². The van der Waals surface area contributed by atoms with E-state index in [1.165, 1.54) is 20.3 Å². The quantitative estimate of drug-likeness (QED) is 0.619. The lowest BCUT2D eigenvalue weighted by Crippen LogP contribution is -2.41. The molecule has 0 bridgehead atoms. The van der Waals surface area contributed by atoms with Gasteiger partial charge in [0.1, 0.15) is 5.41 Å². The van der Waals surface area contributed by atoms with Crippen LogP contribution in [-0.4, -0.2) is 26.0 Å². The minimum atomic E-state index is -1.14. The standard InChI is InChI=1S/C18H20O4/c1-21-15-10-12-18(16(19)13-15,17(20)22-2)11-6-9-14-7-4-3-5-8-14/h3-9,13H,10-12H2,1-2H3/b9-6+/t18-/m0/s1. The summed E-state index contributed by atoms with van der Waals surface area (Å²) in [5.41, 5.74) is -0.110. The third kappa shape index (κ3) is 3.27. The van der Waals surface area contributed by atoms with E-state index in [0.717, 1.165) is 5.56 Å². The molecule has 22 heavy (non-hydrogen) atoms. The number of rotatable bonds is 5. The number of allylic oxidation sites excluding steroid dienone is 3. The molecule has 0 radical (unpaired) electrons. The van der Waals surface area contributed by atoms with E-state index in [2.05, 4.69) is 0 Å². The van der Waals surface area contributed by atoms with Crippen molar-refractivity contribution in [2.75, 3.05) is 14.2 Å². The molecule has 0 N–H and O–H groups in total. The van der Waals surface area contributed by atoms with Gasteiger partial charge in [0.25, 0.3) is 0 Å². The highest BCUT2D eigenvalue weighted by molar-refractivity contribution is 6.10. The fourth-order valence-corrected chi connectivity index (χ4v) is 2.62. The molecule has 2 rings (SSSR count). The van der Waals surface area contributed by atoms with Crippen molar-refractivity contribution in [3.05, 3.63) is 53.8 Å². The van der Waals surface area contributed by atoms with E-state index in [1.54, 1.807) is 0 Å². The molecule has 0 amide bonds. The predicted molar refractivity (Wildman–Crippen MR) is 83.9 cm³/mol. The second kappa shape index (κ2) is 7.07. The van der Waals surface area contributed by atoms with Crippen LogP contribution in [0.25, 0.3) is 6.08 Å². The third-order valence-electron chi connectivity index (χ3n) is 3.98. The van der Waals surface area contributed by atoms with Gasteiger partial charge in [0.15, 0.2) is 5.78 Å². The van der Waals surface area contributed by atoms with E-state index in [4.69, 9.17) is 9.47 Å². The second-order valence-corrected chi connectivity index (χ2v) is 5.27. The lowest BCUT2D eigenvalue weighted by Gasteiger charge is -2.30. The molecule has 4 heteroatoms. The van der Waals surface area contributed by atoms with Gasteiger partial charge in [0, 0.05) is 12.5 Å². The van der Waals surface area contributed by atoms with E-state index in [1.807, 2.05) is 42.5 Å². The molecule has 0 aliphatic heterocycles. The number of hydrogen-bond acceptors (Lipinski definition) is 4. The summed E-state index contributed by atoms with van der Waals surface area (Å²) in [5, 5.41) is 0. The Kier molecular flexibility index (Phi) is 5.15. The Hall–Kier alpha value is -2.36. The molecule has 0 saturated heterocycles. The SMILES string of the molecule is COC(=O)[C@@]1(C/C=C/c2ccccc2)CCC(OC)=CC1=O. The third-order valence-corrected chi connectivity index (χ3v) is 3.98. The normalized spacial score (nSPS) is 21.5. The minimum Gasteiger partial charge on any atom is -0.501 e. The number of hydrogen-bond donors (Lipinski definition) is 0. The van der Waals surface area contributed by atoms with Crippen molar-refractivity contribution < 1.29 is 19.1 Å². The minimum absolute atomic E-state index is 0.250. The van der Waals surface area contributed by atoms with Gasteiger partial charge < -0.3 is 9.47 Å². The Bertz CT molecular complexity index is 601. The van der Waals surface area contributed by atoms with Gasteiger partial charge in [0.2, 0.25) is 0 Å². The number of benzene rings is 1. The topological polar surface area (TPSA) is 52.6 Å². The molecule has 116 valence electrons. The lowest BCUT2D eigenvalue weighted by molar-refractivity contribution is -0.157. The molecule has 1 aliphatic carbocycles. The van der Waals surface area contributed by atoms with E-state index < -0.39 is 11.4 Å². The predicted octanol–water partition coefficient (Wildman–Crippen LogP) is 3.14. The van der Waals surface area contributed by atoms with Crippen LogP contribution < -0.4 is 0 Å². The molecule has 4 nitrogen and oxygen atoms in total.